The van der Waals surface area contributed by atoms with Crippen LogP contribution in [0.5, 0.6) is 0 Å². The lowest BCUT2D eigenvalue weighted by atomic mass is 10.1. The molecule has 142 valence electrons. The minimum Gasteiger partial charge on any atom is -0.318 e. The Labute approximate surface area is 166 Å². The third-order valence-corrected chi connectivity index (χ3v) is 7.02. The summed E-state index contributed by atoms with van der Waals surface area (Å²) in [4.78, 5) is 16.7. The zero-order valence-corrected chi connectivity index (χ0v) is 16.8. The summed E-state index contributed by atoms with van der Waals surface area (Å²) < 4.78 is 27.4. The quantitative estimate of drug-likeness (QED) is 0.544. The van der Waals surface area contributed by atoms with Gasteiger partial charge in [0.1, 0.15) is 0 Å². The first-order chi connectivity index (χ1) is 13.4. The van der Waals surface area contributed by atoms with Crippen LogP contribution in [0.1, 0.15) is 12.5 Å². The maximum atomic E-state index is 13.1. The Morgan fingerprint density at radius 3 is 2.54 bits per heavy atom. The van der Waals surface area contributed by atoms with Gasteiger partial charge in [-0.05, 0) is 43.3 Å². The van der Waals surface area contributed by atoms with E-state index in [1.165, 1.54) is 28.4 Å². The molecule has 1 aromatic carbocycles. The highest BCUT2D eigenvalue weighted by Crippen LogP contribution is 2.36. The number of anilines is 1. The second-order valence-corrected chi connectivity index (χ2v) is 9.27. The van der Waals surface area contributed by atoms with E-state index in [1.807, 2.05) is 25.1 Å². The molecule has 0 aliphatic carbocycles. The second kappa shape index (κ2) is 6.88. The van der Waals surface area contributed by atoms with E-state index in [2.05, 4.69) is 10.3 Å². The largest absolute Gasteiger partial charge is 0.318 e. The van der Waals surface area contributed by atoms with Gasteiger partial charge in [-0.1, -0.05) is 17.7 Å². The van der Waals surface area contributed by atoms with Gasteiger partial charge in [-0.25, -0.2) is 17.4 Å². The SMILES string of the molecule is CC(=O)Nc1ccc(-c2ccnc3c2ccn3S(=O)(=O)c2ccc(C)cc2)s1. The Morgan fingerprint density at radius 1 is 1.07 bits per heavy atom. The Morgan fingerprint density at radius 2 is 1.82 bits per heavy atom. The molecule has 0 saturated heterocycles. The maximum absolute atomic E-state index is 13.1. The van der Waals surface area contributed by atoms with E-state index in [4.69, 9.17) is 0 Å². The molecule has 3 aromatic heterocycles. The molecule has 6 nitrogen and oxygen atoms in total. The molecule has 1 N–H and O–H groups in total. The third-order valence-electron chi connectivity index (χ3n) is 4.30. The molecule has 0 radical (unpaired) electrons. The fraction of sp³-hybridized carbons (Fsp3) is 0.100. The Bertz CT molecular complexity index is 1290. The van der Waals surface area contributed by atoms with Gasteiger partial charge >= 0.3 is 0 Å². The summed E-state index contributed by atoms with van der Waals surface area (Å²) in [6, 6.07) is 14.1. The highest BCUT2D eigenvalue weighted by atomic mass is 32.2. The van der Waals surface area contributed by atoms with Crippen molar-refractivity contribution in [2.75, 3.05) is 5.32 Å². The minimum absolute atomic E-state index is 0.136. The number of fused-ring (bicyclic) bond motifs is 1. The lowest BCUT2D eigenvalue weighted by molar-refractivity contribution is -0.114. The van der Waals surface area contributed by atoms with Crippen molar-refractivity contribution in [3.8, 4) is 10.4 Å². The second-order valence-electron chi connectivity index (χ2n) is 6.37. The van der Waals surface area contributed by atoms with Crippen LogP contribution >= 0.6 is 11.3 Å². The van der Waals surface area contributed by atoms with Crippen LogP contribution in [0, 0.1) is 6.92 Å². The van der Waals surface area contributed by atoms with Crippen molar-refractivity contribution >= 4 is 43.3 Å². The van der Waals surface area contributed by atoms with Gasteiger partial charge in [-0.15, -0.1) is 11.3 Å². The van der Waals surface area contributed by atoms with Gasteiger partial charge in [-0.3, -0.25) is 4.79 Å². The molecule has 3 heterocycles. The van der Waals surface area contributed by atoms with Gasteiger partial charge in [-0.2, -0.15) is 0 Å². The van der Waals surface area contributed by atoms with Gasteiger partial charge in [0.15, 0.2) is 5.65 Å². The van der Waals surface area contributed by atoms with Crippen molar-refractivity contribution in [3.05, 3.63) is 66.5 Å². The number of aromatic nitrogens is 2. The number of rotatable bonds is 4. The number of benzene rings is 1. The van der Waals surface area contributed by atoms with Gasteiger partial charge < -0.3 is 5.32 Å². The van der Waals surface area contributed by atoms with Crippen LogP contribution in [0.3, 0.4) is 0 Å². The van der Waals surface area contributed by atoms with Crippen molar-refractivity contribution in [1.29, 1.82) is 0 Å². The van der Waals surface area contributed by atoms with Crippen LogP contribution in [-0.2, 0) is 14.8 Å². The summed E-state index contributed by atoms with van der Waals surface area (Å²) in [7, 11) is -3.75. The molecule has 0 fully saturated rings. The Kier molecular flexibility index (Phi) is 4.52. The summed E-state index contributed by atoms with van der Waals surface area (Å²) in [5.41, 5.74) is 2.22. The molecule has 1 amide bonds. The summed E-state index contributed by atoms with van der Waals surface area (Å²) in [6.07, 6.45) is 3.12. The molecule has 4 rings (SSSR count). The molecule has 4 aromatic rings. The van der Waals surface area contributed by atoms with Gasteiger partial charge in [0, 0.05) is 35.1 Å². The van der Waals surface area contributed by atoms with Crippen LogP contribution in [0.4, 0.5) is 5.00 Å². The fourth-order valence-electron chi connectivity index (χ4n) is 2.97. The molecule has 0 atom stereocenters. The smallest absolute Gasteiger partial charge is 0.269 e. The highest BCUT2D eigenvalue weighted by molar-refractivity contribution is 7.90. The van der Waals surface area contributed by atoms with Crippen molar-refractivity contribution in [3.63, 3.8) is 0 Å². The number of nitrogens with one attached hydrogen (secondary N) is 1. The molecular formula is C20H17N3O3S2. The zero-order chi connectivity index (χ0) is 19.9. The Balaban J connectivity index is 1.82. The molecule has 0 saturated carbocycles. The van der Waals surface area contributed by atoms with E-state index in [9.17, 15) is 13.2 Å². The standard InChI is InChI=1S/C20H17N3O3S2/c1-13-3-5-15(6-4-13)28(25,26)23-12-10-17-16(9-11-21-20(17)23)18-7-8-19(27-18)22-14(2)24/h3-12H,1-2H3,(H,22,24). The zero-order valence-electron chi connectivity index (χ0n) is 15.2. The number of hydrogen-bond acceptors (Lipinski definition) is 5. The lowest BCUT2D eigenvalue weighted by Gasteiger charge is -2.08. The van der Waals surface area contributed by atoms with Crippen LogP contribution in [-0.4, -0.2) is 23.3 Å². The number of amides is 1. The average molecular weight is 412 g/mol. The number of aryl methyl sites for hydroxylation is 1. The van der Waals surface area contributed by atoms with Crippen LogP contribution in [0.25, 0.3) is 21.5 Å². The third kappa shape index (κ3) is 3.21. The summed E-state index contributed by atoms with van der Waals surface area (Å²) in [5.74, 6) is -0.136. The molecule has 8 heteroatoms. The maximum Gasteiger partial charge on any atom is 0.269 e. The van der Waals surface area contributed by atoms with E-state index in [0.29, 0.717) is 5.65 Å². The molecular weight excluding hydrogens is 394 g/mol. The summed E-state index contributed by atoms with van der Waals surface area (Å²) in [5, 5.41) is 4.23. The van der Waals surface area contributed by atoms with Crippen molar-refractivity contribution in [1.82, 2.24) is 8.96 Å². The monoisotopic (exact) mass is 411 g/mol. The number of thiophene rings is 1. The normalized spacial score (nSPS) is 11.6. The molecule has 0 unspecified atom stereocenters. The van der Waals surface area contributed by atoms with Crippen LogP contribution in [0.2, 0.25) is 0 Å². The van der Waals surface area contributed by atoms with E-state index in [0.717, 1.165) is 26.4 Å². The topological polar surface area (TPSA) is 81.1 Å². The lowest BCUT2D eigenvalue weighted by Crippen LogP contribution is -2.12. The molecule has 28 heavy (non-hydrogen) atoms. The fourth-order valence-corrected chi connectivity index (χ4v) is 5.26. The predicted octanol–water partition coefficient (Wildman–Crippen LogP) is 4.27. The number of pyridine rings is 1. The Hall–Kier alpha value is -2.97. The summed E-state index contributed by atoms with van der Waals surface area (Å²) >= 11 is 1.43. The molecule has 0 bridgehead atoms. The average Bonchev–Trinajstić information content (AvgIpc) is 3.28. The molecule has 0 aliphatic rings. The van der Waals surface area contributed by atoms with Crippen LogP contribution < -0.4 is 5.32 Å². The van der Waals surface area contributed by atoms with E-state index in [1.54, 1.807) is 36.5 Å². The number of carbonyl (C=O) groups is 1. The van der Waals surface area contributed by atoms with Crippen molar-refractivity contribution in [2.24, 2.45) is 0 Å². The van der Waals surface area contributed by atoms with Gasteiger partial charge in [0.2, 0.25) is 5.91 Å². The van der Waals surface area contributed by atoms with Crippen molar-refractivity contribution < 1.29 is 13.2 Å². The number of hydrogen-bond donors (Lipinski definition) is 1. The molecule has 0 aliphatic heterocycles. The summed E-state index contributed by atoms with van der Waals surface area (Å²) in [6.45, 7) is 3.37. The first kappa shape index (κ1) is 18.4. The minimum atomic E-state index is -3.75. The predicted molar refractivity (Wildman–Crippen MR) is 111 cm³/mol. The van der Waals surface area contributed by atoms with E-state index >= 15 is 0 Å². The molecule has 0 spiro atoms. The van der Waals surface area contributed by atoms with E-state index in [-0.39, 0.29) is 10.8 Å². The number of nitrogens with zero attached hydrogens (tertiary/aromatic N) is 2. The van der Waals surface area contributed by atoms with Gasteiger partial charge in [0.05, 0.1) is 9.90 Å². The van der Waals surface area contributed by atoms with Crippen LogP contribution in [0.15, 0.2) is 65.8 Å². The first-order valence-electron chi connectivity index (χ1n) is 8.52. The van der Waals surface area contributed by atoms with Crippen molar-refractivity contribution in [2.45, 2.75) is 18.7 Å². The van der Waals surface area contributed by atoms with E-state index < -0.39 is 10.0 Å². The van der Waals surface area contributed by atoms with Gasteiger partial charge in [0.25, 0.3) is 10.0 Å². The first-order valence-corrected chi connectivity index (χ1v) is 10.8. The highest BCUT2D eigenvalue weighted by Gasteiger charge is 2.21. The number of carbonyl (C=O) groups excluding carboxylic acids is 1.